The van der Waals surface area contributed by atoms with E-state index in [0.717, 1.165) is 53.2 Å². The lowest BCUT2D eigenvalue weighted by molar-refractivity contribution is -0.384. The smallest absolute Gasteiger partial charge is 0.274 e. The van der Waals surface area contributed by atoms with Crippen LogP contribution in [0.5, 0.6) is 11.5 Å². The molecule has 3 aromatic rings. The number of amides is 1. The standard InChI is InChI=1S/C31H31N3O5/c1-3-38-26-15-11-21(12-16-26)19-23-7-6-10-28-29(23)32-33(30(28)22-13-17-27(18-14-22)39-4-2)31(35)24-8-5-9-25(20-24)34(36)37/h5,8-9,11-20,28,30H,3-4,6-7,10H2,1-2H3. The second kappa shape index (κ2) is 11.5. The summed E-state index contributed by atoms with van der Waals surface area (Å²) >= 11 is 0. The van der Waals surface area contributed by atoms with Crippen molar-refractivity contribution in [1.82, 2.24) is 5.01 Å². The van der Waals surface area contributed by atoms with Crippen molar-refractivity contribution in [1.29, 1.82) is 0 Å². The summed E-state index contributed by atoms with van der Waals surface area (Å²) in [6, 6.07) is 21.2. The highest BCUT2D eigenvalue weighted by Crippen LogP contribution is 2.45. The van der Waals surface area contributed by atoms with Gasteiger partial charge in [-0.25, -0.2) is 5.01 Å². The zero-order valence-electron chi connectivity index (χ0n) is 22.1. The number of fused-ring (bicyclic) bond motifs is 1. The zero-order chi connectivity index (χ0) is 27.4. The van der Waals surface area contributed by atoms with E-state index >= 15 is 0 Å². The monoisotopic (exact) mass is 525 g/mol. The first-order valence-corrected chi connectivity index (χ1v) is 13.3. The number of non-ortho nitro benzene ring substituents is 1. The molecule has 1 heterocycles. The lowest BCUT2D eigenvalue weighted by atomic mass is 9.77. The van der Waals surface area contributed by atoms with Crippen LogP contribution >= 0.6 is 0 Å². The number of hydrogen-bond donors (Lipinski definition) is 0. The fourth-order valence-corrected chi connectivity index (χ4v) is 5.34. The van der Waals surface area contributed by atoms with E-state index in [4.69, 9.17) is 14.6 Å². The number of benzene rings is 3. The van der Waals surface area contributed by atoms with Crippen molar-refractivity contribution in [2.75, 3.05) is 13.2 Å². The lowest BCUT2D eigenvalue weighted by Gasteiger charge is -2.29. The molecular formula is C31H31N3O5. The second-order valence-corrected chi connectivity index (χ2v) is 9.56. The number of nitro groups is 1. The van der Waals surface area contributed by atoms with Crippen molar-refractivity contribution in [3.05, 3.63) is 105 Å². The number of carbonyl (C=O) groups excluding carboxylic acids is 1. The van der Waals surface area contributed by atoms with E-state index in [-0.39, 0.29) is 29.1 Å². The molecule has 1 aliphatic carbocycles. The molecule has 5 rings (SSSR count). The minimum absolute atomic E-state index is 0.00768. The van der Waals surface area contributed by atoms with Gasteiger partial charge in [-0.3, -0.25) is 14.9 Å². The van der Waals surface area contributed by atoms with Crippen molar-refractivity contribution in [3.63, 3.8) is 0 Å². The predicted molar refractivity (Wildman–Crippen MR) is 150 cm³/mol. The molecule has 8 heteroatoms. The molecule has 0 radical (unpaired) electrons. The molecule has 1 saturated carbocycles. The molecule has 39 heavy (non-hydrogen) atoms. The first-order chi connectivity index (χ1) is 19.0. The fourth-order valence-electron chi connectivity index (χ4n) is 5.34. The van der Waals surface area contributed by atoms with Crippen LogP contribution in [0, 0.1) is 16.0 Å². The van der Waals surface area contributed by atoms with Crippen molar-refractivity contribution in [2.45, 2.75) is 39.2 Å². The summed E-state index contributed by atoms with van der Waals surface area (Å²) in [7, 11) is 0. The molecule has 0 aromatic heterocycles. The number of carbonyl (C=O) groups is 1. The van der Waals surface area contributed by atoms with E-state index in [1.807, 2.05) is 62.4 Å². The highest BCUT2D eigenvalue weighted by atomic mass is 16.6. The van der Waals surface area contributed by atoms with Gasteiger partial charge in [-0.15, -0.1) is 0 Å². The predicted octanol–water partition coefficient (Wildman–Crippen LogP) is 6.83. The van der Waals surface area contributed by atoms with Gasteiger partial charge >= 0.3 is 0 Å². The van der Waals surface area contributed by atoms with Gasteiger partial charge in [0.2, 0.25) is 0 Å². The normalized spacial score (nSPS) is 19.4. The minimum Gasteiger partial charge on any atom is -0.494 e. The van der Waals surface area contributed by atoms with Crippen LogP contribution in [0.2, 0.25) is 0 Å². The number of hydrogen-bond acceptors (Lipinski definition) is 6. The number of hydrazone groups is 1. The topological polar surface area (TPSA) is 94.3 Å². The van der Waals surface area contributed by atoms with Crippen molar-refractivity contribution in [2.24, 2.45) is 11.0 Å². The summed E-state index contributed by atoms with van der Waals surface area (Å²) in [4.78, 5) is 24.7. The average Bonchev–Trinajstić information content (AvgIpc) is 3.35. The Morgan fingerprint density at radius 3 is 2.33 bits per heavy atom. The van der Waals surface area contributed by atoms with Gasteiger partial charge in [0.05, 0.1) is 29.9 Å². The van der Waals surface area contributed by atoms with Crippen LogP contribution in [-0.4, -0.2) is 34.8 Å². The number of rotatable bonds is 8. The summed E-state index contributed by atoms with van der Waals surface area (Å²) in [5.41, 5.74) is 4.09. The van der Waals surface area contributed by atoms with Crippen molar-refractivity contribution < 1.29 is 19.2 Å². The van der Waals surface area contributed by atoms with E-state index in [9.17, 15) is 14.9 Å². The van der Waals surface area contributed by atoms with Gasteiger partial charge in [0.15, 0.2) is 0 Å². The Hall–Kier alpha value is -4.46. The molecule has 1 fully saturated rings. The van der Waals surface area contributed by atoms with E-state index in [2.05, 4.69) is 6.08 Å². The maximum Gasteiger partial charge on any atom is 0.274 e. The lowest BCUT2D eigenvalue weighted by Crippen LogP contribution is -2.32. The van der Waals surface area contributed by atoms with Gasteiger partial charge in [0.1, 0.15) is 11.5 Å². The van der Waals surface area contributed by atoms with E-state index in [1.54, 1.807) is 6.07 Å². The van der Waals surface area contributed by atoms with Gasteiger partial charge in [-0.1, -0.05) is 30.3 Å². The Balaban J connectivity index is 1.53. The maximum atomic E-state index is 13.8. The highest BCUT2D eigenvalue weighted by Gasteiger charge is 2.44. The van der Waals surface area contributed by atoms with E-state index < -0.39 is 4.92 Å². The molecule has 0 saturated heterocycles. The molecule has 2 aliphatic rings. The molecule has 0 bridgehead atoms. The number of nitrogens with zero attached hydrogens (tertiary/aromatic N) is 3. The van der Waals surface area contributed by atoms with Crippen LogP contribution in [-0.2, 0) is 0 Å². The number of nitro benzene ring substituents is 1. The molecule has 0 N–H and O–H groups in total. The Morgan fingerprint density at radius 2 is 1.69 bits per heavy atom. The third-order valence-electron chi connectivity index (χ3n) is 7.08. The summed E-state index contributed by atoms with van der Waals surface area (Å²) in [6.07, 6.45) is 4.85. The van der Waals surface area contributed by atoms with E-state index in [0.29, 0.717) is 13.2 Å². The SMILES string of the molecule is CCOc1ccc(C=C2CCCC3C2=NN(C(=O)c2cccc([N+](=O)[O-])c2)C3c2ccc(OCC)cc2)cc1. The maximum absolute atomic E-state index is 13.8. The van der Waals surface area contributed by atoms with Gasteiger partial charge in [-0.2, -0.15) is 5.10 Å². The number of allylic oxidation sites excluding steroid dienone is 1. The molecule has 0 spiro atoms. The van der Waals surface area contributed by atoms with Gasteiger partial charge in [-0.05, 0) is 86.2 Å². The Bertz CT molecular complexity index is 1410. The summed E-state index contributed by atoms with van der Waals surface area (Å²) in [5.74, 6) is 1.23. The molecule has 3 aromatic carbocycles. The van der Waals surface area contributed by atoms with Crippen molar-refractivity contribution >= 4 is 23.4 Å². The Morgan fingerprint density at radius 1 is 1.03 bits per heavy atom. The molecular weight excluding hydrogens is 494 g/mol. The largest absolute Gasteiger partial charge is 0.494 e. The van der Waals surface area contributed by atoms with Gasteiger partial charge in [0, 0.05) is 23.6 Å². The first kappa shape index (κ1) is 26.2. The highest BCUT2D eigenvalue weighted by molar-refractivity contribution is 6.09. The van der Waals surface area contributed by atoms with Crippen molar-refractivity contribution in [3.8, 4) is 11.5 Å². The van der Waals surface area contributed by atoms with Crippen LogP contribution in [0.3, 0.4) is 0 Å². The third kappa shape index (κ3) is 5.55. The quantitative estimate of drug-likeness (QED) is 0.237. The summed E-state index contributed by atoms with van der Waals surface area (Å²) in [6.45, 7) is 5.07. The Labute approximate surface area is 227 Å². The molecule has 200 valence electrons. The molecule has 2 atom stereocenters. The number of ether oxygens (including phenoxy) is 2. The van der Waals surface area contributed by atoms with Crippen LogP contribution in [0.4, 0.5) is 5.69 Å². The molecule has 1 amide bonds. The summed E-state index contributed by atoms with van der Waals surface area (Å²) < 4.78 is 11.2. The van der Waals surface area contributed by atoms with Crippen LogP contribution < -0.4 is 9.47 Å². The fraction of sp³-hybridized carbons (Fsp3) is 0.290. The molecule has 2 unspecified atom stereocenters. The second-order valence-electron chi connectivity index (χ2n) is 9.56. The average molecular weight is 526 g/mol. The molecule has 1 aliphatic heterocycles. The first-order valence-electron chi connectivity index (χ1n) is 13.3. The molecule has 8 nitrogen and oxygen atoms in total. The van der Waals surface area contributed by atoms with Crippen LogP contribution in [0.15, 0.2) is 83.5 Å². The van der Waals surface area contributed by atoms with Gasteiger partial charge in [0.25, 0.3) is 11.6 Å². The van der Waals surface area contributed by atoms with Gasteiger partial charge < -0.3 is 9.47 Å². The minimum atomic E-state index is -0.492. The third-order valence-corrected chi connectivity index (χ3v) is 7.08. The Kier molecular flexibility index (Phi) is 7.72. The zero-order valence-corrected chi connectivity index (χ0v) is 22.1. The summed E-state index contributed by atoms with van der Waals surface area (Å²) in [5, 5.41) is 17.8. The van der Waals surface area contributed by atoms with Crippen LogP contribution in [0.25, 0.3) is 6.08 Å². The van der Waals surface area contributed by atoms with E-state index in [1.165, 1.54) is 23.2 Å². The van der Waals surface area contributed by atoms with Crippen LogP contribution in [0.1, 0.15) is 60.6 Å².